The van der Waals surface area contributed by atoms with E-state index >= 15 is 0 Å². The van der Waals surface area contributed by atoms with Gasteiger partial charge in [0.1, 0.15) is 0 Å². The number of aryl methyl sites for hydroxylation is 2. The first-order valence-corrected chi connectivity index (χ1v) is 11.3. The van der Waals surface area contributed by atoms with Gasteiger partial charge in [0.15, 0.2) is 10.9 Å². The molecule has 7 nitrogen and oxygen atoms in total. The lowest BCUT2D eigenvalue weighted by molar-refractivity contribution is 0.0717. The standard InChI is InChI=1S/C21H23ClN6OS/c1-14-12-15(2)24-21(23-14)30-13-18-19(20(29)27-10-4-3-5-11-27)25-26-28(18)17-8-6-16(22)7-9-17/h6-9,12H,3-5,10-11,13H2,1-2H3. The van der Waals surface area contributed by atoms with Gasteiger partial charge < -0.3 is 4.90 Å². The highest BCUT2D eigenvalue weighted by Gasteiger charge is 2.26. The summed E-state index contributed by atoms with van der Waals surface area (Å²) in [5, 5.41) is 9.89. The van der Waals surface area contributed by atoms with Gasteiger partial charge in [-0.25, -0.2) is 14.6 Å². The normalized spacial score (nSPS) is 14.2. The van der Waals surface area contributed by atoms with Gasteiger partial charge in [-0.2, -0.15) is 0 Å². The highest BCUT2D eigenvalue weighted by Crippen LogP contribution is 2.25. The van der Waals surface area contributed by atoms with Crippen molar-refractivity contribution in [3.63, 3.8) is 0 Å². The monoisotopic (exact) mass is 442 g/mol. The molecule has 3 heterocycles. The van der Waals surface area contributed by atoms with Crippen LogP contribution in [0.15, 0.2) is 35.5 Å². The molecule has 0 spiro atoms. The number of hydrogen-bond donors (Lipinski definition) is 0. The summed E-state index contributed by atoms with van der Waals surface area (Å²) in [5.74, 6) is 0.416. The Morgan fingerprint density at radius 2 is 1.73 bits per heavy atom. The first-order chi connectivity index (χ1) is 14.5. The molecule has 1 amide bonds. The lowest BCUT2D eigenvalue weighted by Gasteiger charge is -2.26. The van der Waals surface area contributed by atoms with E-state index < -0.39 is 0 Å². The van der Waals surface area contributed by atoms with Crippen molar-refractivity contribution in [1.82, 2.24) is 29.9 Å². The van der Waals surface area contributed by atoms with E-state index in [4.69, 9.17) is 11.6 Å². The molecule has 9 heteroatoms. The third kappa shape index (κ3) is 4.65. The molecule has 0 radical (unpaired) electrons. The SMILES string of the molecule is Cc1cc(C)nc(SCc2c(C(=O)N3CCCCC3)nnn2-c2ccc(Cl)cc2)n1. The van der Waals surface area contributed by atoms with Gasteiger partial charge in [-0.15, -0.1) is 5.10 Å². The Bertz CT molecular complexity index is 1030. The molecule has 1 aliphatic rings. The van der Waals surface area contributed by atoms with Gasteiger partial charge in [0.05, 0.1) is 11.4 Å². The molecule has 30 heavy (non-hydrogen) atoms. The van der Waals surface area contributed by atoms with Crippen LogP contribution in [-0.4, -0.2) is 48.9 Å². The van der Waals surface area contributed by atoms with E-state index in [1.54, 1.807) is 16.8 Å². The van der Waals surface area contributed by atoms with Crippen LogP contribution in [0.1, 0.15) is 46.8 Å². The van der Waals surface area contributed by atoms with E-state index in [-0.39, 0.29) is 5.91 Å². The molecule has 0 saturated carbocycles. The fourth-order valence-corrected chi connectivity index (χ4v) is 4.59. The molecule has 2 aromatic heterocycles. The smallest absolute Gasteiger partial charge is 0.276 e. The Kier molecular flexibility index (Phi) is 6.34. The molecule has 0 bridgehead atoms. The van der Waals surface area contributed by atoms with E-state index in [0.29, 0.717) is 21.6 Å². The molecule has 0 unspecified atom stereocenters. The molecule has 156 valence electrons. The van der Waals surface area contributed by atoms with Gasteiger partial charge >= 0.3 is 0 Å². The van der Waals surface area contributed by atoms with Crippen molar-refractivity contribution in [3.8, 4) is 5.69 Å². The Morgan fingerprint density at radius 3 is 2.40 bits per heavy atom. The Hall–Kier alpha value is -2.45. The molecular formula is C21H23ClN6OS. The first-order valence-electron chi connectivity index (χ1n) is 9.96. The molecule has 3 aromatic rings. The topological polar surface area (TPSA) is 76.8 Å². The van der Waals surface area contributed by atoms with Gasteiger partial charge in [-0.05, 0) is 63.4 Å². The molecular weight excluding hydrogens is 420 g/mol. The van der Waals surface area contributed by atoms with Crippen molar-refractivity contribution < 1.29 is 4.79 Å². The van der Waals surface area contributed by atoms with Crippen LogP contribution < -0.4 is 0 Å². The lowest BCUT2D eigenvalue weighted by Crippen LogP contribution is -2.36. The number of rotatable bonds is 5. The highest BCUT2D eigenvalue weighted by atomic mass is 35.5. The fourth-order valence-electron chi connectivity index (χ4n) is 3.52. The molecule has 1 aliphatic heterocycles. The zero-order valence-corrected chi connectivity index (χ0v) is 18.6. The van der Waals surface area contributed by atoms with Crippen LogP contribution in [0.2, 0.25) is 5.02 Å². The van der Waals surface area contributed by atoms with E-state index in [9.17, 15) is 4.79 Å². The van der Waals surface area contributed by atoms with E-state index in [1.807, 2.05) is 36.9 Å². The minimum Gasteiger partial charge on any atom is -0.337 e. The second-order valence-corrected chi connectivity index (χ2v) is 8.73. The van der Waals surface area contributed by atoms with E-state index in [2.05, 4.69) is 20.3 Å². The molecule has 4 rings (SSSR count). The summed E-state index contributed by atoms with van der Waals surface area (Å²) in [6.07, 6.45) is 3.21. The maximum atomic E-state index is 13.2. The molecule has 1 fully saturated rings. The first kappa shape index (κ1) is 20.8. The summed E-state index contributed by atoms with van der Waals surface area (Å²) in [4.78, 5) is 24.1. The largest absolute Gasteiger partial charge is 0.337 e. The van der Waals surface area contributed by atoms with Gasteiger partial charge in [-0.1, -0.05) is 28.6 Å². The number of aromatic nitrogens is 5. The van der Waals surface area contributed by atoms with Crippen LogP contribution in [0.4, 0.5) is 0 Å². The minimum absolute atomic E-state index is 0.0631. The number of halogens is 1. The predicted octanol–water partition coefficient (Wildman–Crippen LogP) is 4.25. The number of hydrogen-bond acceptors (Lipinski definition) is 6. The maximum absolute atomic E-state index is 13.2. The number of carbonyl (C=O) groups excluding carboxylic acids is 1. The second-order valence-electron chi connectivity index (χ2n) is 7.35. The van der Waals surface area contributed by atoms with Crippen molar-refractivity contribution in [1.29, 1.82) is 0 Å². The number of benzene rings is 1. The van der Waals surface area contributed by atoms with Gasteiger partial charge in [0.25, 0.3) is 5.91 Å². The number of likely N-dealkylation sites (tertiary alicyclic amines) is 1. The molecule has 1 aromatic carbocycles. The third-order valence-corrected chi connectivity index (χ3v) is 6.09. The predicted molar refractivity (Wildman–Crippen MR) is 117 cm³/mol. The van der Waals surface area contributed by atoms with E-state index in [1.165, 1.54) is 11.8 Å². The Balaban J connectivity index is 1.67. The zero-order chi connectivity index (χ0) is 21.1. The van der Waals surface area contributed by atoms with Crippen LogP contribution >= 0.6 is 23.4 Å². The van der Waals surface area contributed by atoms with Crippen molar-refractivity contribution in [2.75, 3.05) is 13.1 Å². The third-order valence-electron chi connectivity index (χ3n) is 4.98. The Morgan fingerprint density at radius 1 is 1.07 bits per heavy atom. The summed E-state index contributed by atoms with van der Waals surface area (Å²) < 4.78 is 1.71. The van der Waals surface area contributed by atoms with Crippen molar-refractivity contribution in [3.05, 3.63) is 58.1 Å². The number of thioether (sulfide) groups is 1. The highest BCUT2D eigenvalue weighted by molar-refractivity contribution is 7.98. The van der Waals surface area contributed by atoms with Gasteiger partial charge in [-0.3, -0.25) is 4.79 Å². The van der Waals surface area contributed by atoms with Crippen LogP contribution in [0.25, 0.3) is 5.69 Å². The van der Waals surface area contributed by atoms with Gasteiger partial charge in [0.2, 0.25) is 0 Å². The van der Waals surface area contributed by atoms with Crippen molar-refractivity contribution in [2.24, 2.45) is 0 Å². The number of nitrogens with zero attached hydrogens (tertiary/aromatic N) is 6. The van der Waals surface area contributed by atoms with E-state index in [0.717, 1.165) is 55.1 Å². The molecule has 0 aliphatic carbocycles. The quantitative estimate of drug-likeness (QED) is 0.434. The van der Waals surface area contributed by atoms with Gasteiger partial charge in [0, 0.05) is 35.3 Å². The Labute approximate surface area is 184 Å². The molecule has 0 N–H and O–H groups in total. The molecule has 0 atom stereocenters. The van der Waals surface area contributed by atoms with Crippen LogP contribution in [-0.2, 0) is 5.75 Å². The van der Waals surface area contributed by atoms with Crippen molar-refractivity contribution in [2.45, 2.75) is 44.0 Å². The number of carbonyl (C=O) groups is 1. The van der Waals surface area contributed by atoms with Crippen LogP contribution in [0.3, 0.4) is 0 Å². The number of amides is 1. The van der Waals surface area contributed by atoms with Crippen LogP contribution in [0.5, 0.6) is 0 Å². The van der Waals surface area contributed by atoms with Crippen LogP contribution in [0, 0.1) is 13.8 Å². The maximum Gasteiger partial charge on any atom is 0.276 e. The fraction of sp³-hybridized carbons (Fsp3) is 0.381. The van der Waals surface area contributed by atoms with Crippen molar-refractivity contribution >= 4 is 29.3 Å². The summed E-state index contributed by atoms with van der Waals surface area (Å²) in [6, 6.07) is 9.28. The number of piperidine rings is 1. The molecule has 1 saturated heterocycles. The minimum atomic E-state index is -0.0631. The average Bonchev–Trinajstić information content (AvgIpc) is 3.16. The summed E-state index contributed by atoms with van der Waals surface area (Å²) in [5.41, 5.74) is 3.77. The average molecular weight is 443 g/mol. The summed E-state index contributed by atoms with van der Waals surface area (Å²) >= 11 is 7.52. The zero-order valence-electron chi connectivity index (χ0n) is 17.0. The summed E-state index contributed by atoms with van der Waals surface area (Å²) in [6.45, 7) is 5.42. The second kappa shape index (κ2) is 9.14. The lowest BCUT2D eigenvalue weighted by atomic mass is 10.1. The summed E-state index contributed by atoms with van der Waals surface area (Å²) in [7, 11) is 0.